The fourth-order valence-electron chi connectivity index (χ4n) is 1.69. The highest BCUT2D eigenvalue weighted by Crippen LogP contribution is 2.20. The summed E-state index contributed by atoms with van der Waals surface area (Å²) in [6.07, 6.45) is 3.94. The van der Waals surface area contributed by atoms with Crippen LogP contribution in [-0.4, -0.2) is 9.78 Å². The molecule has 2 aromatic rings. The molecule has 0 bridgehead atoms. The lowest BCUT2D eigenvalue weighted by Gasteiger charge is -2.08. The van der Waals surface area contributed by atoms with Crippen molar-refractivity contribution in [3.63, 3.8) is 0 Å². The summed E-state index contributed by atoms with van der Waals surface area (Å²) >= 11 is 5.92. The second-order valence-corrected chi connectivity index (χ2v) is 4.45. The maximum Gasteiger partial charge on any atom is 0.0539 e. The van der Waals surface area contributed by atoms with Crippen LogP contribution in [0.15, 0.2) is 30.6 Å². The fourth-order valence-corrected chi connectivity index (χ4v) is 1.92. The summed E-state index contributed by atoms with van der Waals surface area (Å²) in [5.74, 6) is 0. The smallest absolute Gasteiger partial charge is 0.0539 e. The molecule has 0 amide bonds. The number of hydrogen-bond donors (Lipinski definition) is 1. The quantitative estimate of drug-likeness (QED) is 0.899. The van der Waals surface area contributed by atoms with Gasteiger partial charge in [0.25, 0.3) is 0 Å². The van der Waals surface area contributed by atoms with Gasteiger partial charge in [0.1, 0.15) is 0 Å². The van der Waals surface area contributed by atoms with Gasteiger partial charge in [0.05, 0.1) is 6.20 Å². The first-order valence-electron chi connectivity index (χ1n) is 5.70. The first-order valence-corrected chi connectivity index (χ1v) is 6.08. The maximum absolute atomic E-state index is 5.92. The Balaban J connectivity index is 2.02. The minimum absolute atomic E-state index is 0.770. The second-order valence-electron chi connectivity index (χ2n) is 4.02. The first kappa shape index (κ1) is 12.0. The molecule has 0 aliphatic heterocycles. The lowest BCUT2D eigenvalue weighted by atomic mass is 10.2. The number of anilines is 1. The zero-order valence-electron chi connectivity index (χ0n) is 10.1. The van der Waals surface area contributed by atoms with Crippen LogP contribution in [-0.2, 0) is 13.1 Å². The third-order valence-electron chi connectivity index (χ3n) is 2.68. The molecule has 1 heterocycles. The van der Waals surface area contributed by atoms with E-state index in [0.717, 1.165) is 29.4 Å². The van der Waals surface area contributed by atoms with Crippen molar-refractivity contribution < 1.29 is 0 Å². The molecule has 0 spiro atoms. The zero-order chi connectivity index (χ0) is 12.3. The average molecular weight is 250 g/mol. The number of hydrogen-bond acceptors (Lipinski definition) is 2. The van der Waals surface area contributed by atoms with Crippen LogP contribution in [0.5, 0.6) is 0 Å². The van der Waals surface area contributed by atoms with Gasteiger partial charge in [-0.25, -0.2) is 0 Å². The number of aromatic nitrogens is 2. The van der Waals surface area contributed by atoms with Crippen LogP contribution in [0.2, 0.25) is 5.02 Å². The van der Waals surface area contributed by atoms with E-state index in [1.54, 1.807) is 0 Å². The lowest BCUT2D eigenvalue weighted by Crippen LogP contribution is -2.00. The van der Waals surface area contributed by atoms with Crippen LogP contribution >= 0.6 is 11.6 Å². The maximum atomic E-state index is 5.92. The summed E-state index contributed by atoms with van der Waals surface area (Å²) in [7, 11) is 0. The molecule has 0 unspecified atom stereocenters. The van der Waals surface area contributed by atoms with Gasteiger partial charge in [-0.15, -0.1) is 0 Å². The van der Waals surface area contributed by atoms with Gasteiger partial charge in [-0.05, 0) is 37.6 Å². The molecular formula is C13H16ClN3. The van der Waals surface area contributed by atoms with Crippen LogP contribution in [0.1, 0.15) is 18.1 Å². The van der Waals surface area contributed by atoms with Gasteiger partial charge in [0.15, 0.2) is 0 Å². The van der Waals surface area contributed by atoms with E-state index in [2.05, 4.69) is 23.5 Å². The van der Waals surface area contributed by atoms with Gasteiger partial charge in [-0.1, -0.05) is 11.6 Å². The van der Waals surface area contributed by atoms with Crippen molar-refractivity contribution in [1.29, 1.82) is 0 Å². The number of rotatable bonds is 4. The molecule has 0 aliphatic rings. The van der Waals surface area contributed by atoms with Gasteiger partial charge in [-0.3, -0.25) is 4.68 Å². The van der Waals surface area contributed by atoms with E-state index in [4.69, 9.17) is 11.6 Å². The highest BCUT2D eigenvalue weighted by atomic mass is 35.5. The number of benzene rings is 1. The van der Waals surface area contributed by atoms with E-state index in [-0.39, 0.29) is 0 Å². The van der Waals surface area contributed by atoms with Gasteiger partial charge in [0.2, 0.25) is 0 Å². The highest BCUT2D eigenvalue weighted by Gasteiger charge is 2.00. The summed E-state index contributed by atoms with van der Waals surface area (Å²) in [4.78, 5) is 0. The van der Waals surface area contributed by atoms with Gasteiger partial charge in [0, 0.05) is 35.6 Å². The highest BCUT2D eigenvalue weighted by molar-refractivity contribution is 6.30. The van der Waals surface area contributed by atoms with Crippen molar-refractivity contribution in [3.05, 3.63) is 46.7 Å². The molecule has 0 radical (unpaired) electrons. The van der Waals surface area contributed by atoms with Crippen molar-refractivity contribution in [2.45, 2.75) is 26.9 Å². The molecule has 0 saturated carbocycles. The zero-order valence-corrected chi connectivity index (χ0v) is 10.8. The van der Waals surface area contributed by atoms with Crippen molar-refractivity contribution in [3.8, 4) is 0 Å². The summed E-state index contributed by atoms with van der Waals surface area (Å²) < 4.78 is 1.92. The molecule has 1 aromatic heterocycles. The predicted octanol–water partition coefficient (Wildman–Crippen LogP) is 3.48. The third-order valence-corrected chi connectivity index (χ3v) is 2.92. The summed E-state index contributed by atoms with van der Waals surface area (Å²) in [5.41, 5.74) is 3.44. The summed E-state index contributed by atoms with van der Waals surface area (Å²) in [5, 5.41) is 8.39. The van der Waals surface area contributed by atoms with E-state index in [9.17, 15) is 0 Å². The third kappa shape index (κ3) is 3.01. The largest absolute Gasteiger partial charge is 0.381 e. The normalized spacial score (nSPS) is 10.5. The molecule has 4 heteroatoms. The Hall–Kier alpha value is -1.48. The van der Waals surface area contributed by atoms with Crippen LogP contribution in [0.3, 0.4) is 0 Å². The molecule has 17 heavy (non-hydrogen) atoms. The molecule has 0 fully saturated rings. The Bertz CT molecular complexity index is 505. The lowest BCUT2D eigenvalue weighted by molar-refractivity contribution is 0.659. The van der Waals surface area contributed by atoms with E-state index >= 15 is 0 Å². The Morgan fingerprint density at radius 3 is 2.88 bits per heavy atom. The summed E-state index contributed by atoms with van der Waals surface area (Å²) in [6.45, 7) is 5.81. The Kier molecular flexibility index (Phi) is 3.69. The van der Waals surface area contributed by atoms with Crippen molar-refractivity contribution in [1.82, 2.24) is 9.78 Å². The van der Waals surface area contributed by atoms with Crippen LogP contribution in [0.4, 0.5) is 5.69 Å². The minimum Gasteiger partial charge on any atom is -0.381 e. The van der Waals surface area contributed by atoms with E-state index in [1.807, 2.05) is 36.0 Å². The topological polar surface area (TPSA) is 29.9 Å². The van der Waals surface area contributed by atoms with Crippen LogP contribution < -0.4 is 5.32 Å². The van der Waals surface area contributed by atoms with Gasteiger partial charge >= 0.3 is 0 Å². The number of halogens is 1. The number of nitrogens with zero attached hydrogens (tertiary/aromatic N) is 2. The van der Waals surface area contributed by atoms with Crippen molar-refractivity contribution >= 4 is 17.3 Å². The molecule has 0 saturated heterocycles. The Labute approximate surface area is 106 Å². The molecular weight excluding hydrogens is 234 g/mol. The van der Waals surface area contributed by atoms with Gasteiger partial charge < -0.3 is 5.32 Å². The molecule has 0 atom stereocenters. The monoisotopic (exact) mass is 249 g/mol. The van der Waals surface area contributed by atoms with Crippen molar-refractivity contribution in [2.24, 2.45) is 0 Å². The minimum atomic E-state index is 0.770. The molecule has 90 valence electrons. The molecule has 2 rings (SSSR count). The number of nitrogens with one attached hydrogen (secondary N) is 1. The molecule has 1 aromatic carbocycles. The fraction of sp³-hybridized carbons (Fsp3) is 0.308. The van der Waals surface area contributed by atoms with E-state index in [1.165, 1.54) is 5.56 Å². The average Bonchev–Trinajstić information content (AvgIpc) is 2.76. The van der Waals surface area contributed by atoms with Crippen LogP contribution in [0, 0.1) is 6.92 Å². The Morgan fingerprint density at radius 1 is 1.41 bits per heavy atom. The Morgan fingerprint density at radius 2 is 2.24 bits per heavy atom. The van der Waals surface area contributed by atoms with Crippen LogP contribution in [0.25, 0.3) is 0 Å². The molecule has 1 N–H and O–H groups in total. The first-order chi connectivity index (χ1) is 8.19. The molecule has 0 aliphatic carbocycles. The van der Waals surface area contributed by atoms with E-state index in [0.29, 0.717) is 0 Å². The predicted molar refractivity (Wildman–Crippen MR) is 71.4 cm³/mol. The second kappa shape index (κ2) is 5.23. The van der Waals surface area contributed by atoms with E-state index < -0.39 is 0 Å². The standard InChI is InChI=1S/C13H16ClN3/c1-3-17-9-11(8-16-17)7-15-13-5-4-12(14)6-10(13)2/h4-6,8-9,15H,3,7H2,1-2H3. The number of aryl methyl sites for hydroxylation is 2. The SMILES string of the molecule is CCn1cc(CNc2ccc(Cl)cc2C)cn1. The molecule has 3 nitrogen and oxygen atoms in total. The summed E-state index contributed by atoms with van der Waals surface area (Å²) in [6, 6.07) is 5.85. The van der Waals surface area contributed by atoms with Gasteiger partial charge in [-0.2, -0.15) is 5.10 Å². The van der Waals surface area contributed by atoms with Crippen molar-refractivity contribution in [2.75, 3.05) is 5.32 Å².